The van der Waals surface area contributed by atoms with E-state index in [0.29, 0.717) is 6.42 Å². The molecule has 0 aliphatic carbocycles. The maximum Gasteiger partial charge on any atom is 0.172 e. The molecule has 0 bridgehead atoms. The Hall–Kier alpha value is 0.0600. The lowest BCUT2D eigenvalue weighted by Crippen LogP contribution is -3.00. The third kappa shape index (κ3) is 3.83. The fourth-order valence-electron chi connectivity index (χ4n) is 0.611. The van der Waals surface area contributed by atoms with Gasteiger partial charge in [-0.1, -0.05) is 13.0 Å². The van der Waals surface area contributed by atoms with Crippen molar-refractivity contribution in [3.63, 3.8) is 0 Å². The smallest absolute Gasteiger partial charge is 0.172 e. The van der Waals surface area contributed by atoms with Crippen molar-refractivity contribution in [1.82, 2.24) is 6.15 Å². The van der Waals surface area contributed by atoms with Crippen molar-refractivity contribution in [2.45, 2.75) is 13.3 Å². The zero-order valence-corrected chi connectivity index (χ0v) is 9.61. The molecule has 1 aromatic heterocycles. The van der Waals surface area contributed by atoms with Crippen molar-refractivity contribution < 1.29 is 28.8 Å². The number of halogens is 1. The predicted molar refractivity (Wildman–Crippen MR) is 44.9 cm³/mol. The van der Waals surface area contributed by atoms with E-state index in [1.54, 1.807) is 0 Å². The van der Waals surface area contributed by atoms with Gasteiger partial charge >= 0.3 is 0 Å². The normalized spacial score (nSPS) is 7.73. The van der Waals surface area contributed by atoms with Gasteiger partial charge in [-0.05, 0) is 11.4 Å². The molecule has 0 radical (unpaired) electrons. The molecule has 4 heteroatoms. The summed E-state index contributed by atoms with van der Waals surface area (Å²) in [6.45, 7) is 1.88. The minimum Gasteiger partial charge on any atom is -1.00 e. The van der Waals surface area contributed by atoms with Crippen LogP contribution in [0.3, 0.4) is 0 Å². The minimum atomic E-state index is 0. The highest BCUT2D eigenvalue weighted by Crippen LogP contribution is 2.10. The average Bonchev–Trinajstić information content (AvgIpc) is 2.37. The van der Waals surface area contributed by atoms with E-state index >= 15 is 0 Å². The van der Waals surface area contributed by atoms with Crippen LogP contribution in [0.5, 0.6) is 0 Å². The lowest BCUT2D eigenvalue weighted by atomic mass is 10.3. The molecule has 0 fully saturated rings. The highest BCUT2D eigenvalue weighted by molar-refractivity contribution is 7.12. The standard InChI is InChI=1S/C7H8OS.HI.H3N/c1-2-6(8)7-4-3-5-9-7;;/h3-5H,2H2,1H3;1H;1H3. The predicted octanol–water partition coefficient (Wildman–Crippen LogP) is -0.279. The molecule has 0 unspecified atom stereocenters. The molecule has 0 aliphatic heterocycles. The molecule has 11 heavy (non-hydrogen) atoms. The Labute approximate surface area is 87.6 Å². The molecule has 0 aliphatic rings. The summed E-state index contributed by atoms with van der Waals surface area (Å²) in [5, 5.41) is 1.92. The summed E-state index contributed by atoms with van der Waals surface area (Å²) in [6, 6.07) is 3.75. The molecule has 4 N–H and O–H groups in total. The summed E-state index contributed by atoms with van der Waals surface area (Å²) in [6.07, 6.45) is 0.612. The number of thiophene rings is 1. The summed E-state index contributed by atoms with van der Waals surface area (Å²) in [5.74, 6) is 0.241. The van der Waals surface area contributed by atoms with Gasteiger partial charge in [-0.25, -0.2) is 0 Å². The van der Waals surface area contributed by atoms with Crippen molar-refractivity contribution >= 4 is 17.1 Å². The van der Waals surface area contributed by atoms with Crippen LogP contribution in [-0.2, 0) is 0 Å². The minimum absolute atomic E-state index is 0. The number of hydrogen-bond donors (Lipinski definition) is 1. The topological polar surface area (TPSA) is 53.6 Å². The van der Waals surface area contributed by atoms with Crippen LogP contribution >= 0.6 is 11.3 Å². The van der Waals surface area contributed by atoms with E-state index in [2.05, 4.69) is 0 Å². The monoisotopic (exact) mass is 285 g/mol. The van der Waals surface area contributed by atoms with Crippen molar-refractivity contribution in [1.29, 1.82) is 0 Å². The zero-order valence-electron chi connectivity index (χ0n) is 6.63. The number of quaternary nitrogens is 1. The second-order valence-electron chi connectivity index (χ2n) is 1.75. The van der Waals surface area contributed by atoms with Crippen LogP contribution in [0.25, 0.3) is 0 Å². The molecule has 0 saturated carbocycles. The van der Waals surface area contributed by atoms with Gasteiger partial charge in [0.15, 0.2) is 5.78 Å². The molecular weight excluding hydrogens is 273 g/mol. The van der Waals surface area contributed by atoms with Crippen molar-refractivity contribution in [3.8, 4) is 0 Å². The first-order valence-electron chi connectivity index (χ1n) is 2.91. The van der Waals surface area contributed by atoms with Crippen molar-refractivity contribution in [2.24, 2.45) is 0 Å². The Morgan fingerprint density at radius 2 is 2.27 bits per heavy atom. The highest BCUT2D eigenvalue weighted by Gasteiger charge is 2.00. The third-order valence-corrected chi connectivity index (χ3v) is 2.03. The van der Waals surface area contributed by atoms with E-state index in [0.717, 1.165) is 4.88 Å². The Bertz CT molecular complexity index is 198. The van der Waals surface area contributed by atoms with Gasteiger partial charge in [-0.15, -0.1) is 11.3 Å². The summed E-state index contributed by atoms with van der Waals surface area (Å²) < 4.78 is 0. The zero-order chi connectivity index (χ0) is 6.69. The van der Waals surface area contributed by atoms with Gasteiger partial charge in [0.25, 0.3) is 0 Å². The van der Waals surface area contributed by atoms with Gasteiger partial charge in [0.1, 0.15) is 0 Å². The summed E-state index contributed by atoms with van der Waals surface area (Å²) in [5.41, 5.74) is 0. The van der Waals surface area contributed by atoms with Gasteiger partial charge in [-0.3, -0.25) is 4.79 Å². The number of carbonyl (C=O) groups excluding carboxylic acids is 1. The summed E-state index contributed by atoms with van der Waals surface area (Å²) in [7, 11) is 0. The quantitative estimate of drug-likeness (QED) is 0.590. The van der Waals surface area contributed by atoms with E-state index in [9.17, 15) is 4.79 Å². The Morgan fingerprint density at radius 3 is 2.64 bits per heavy atom. The van der Waals surface area contributed by atoms with Crippen molar-refractivity contribution in [2.75, 3.05) is 0 Å². The van der Waals surface area contributed by atoms with Crippen LogP contribution in [0.2, 0.25) is 0 Å². The van der Waals surface area contributed by atoms with E-state index in [1.165, 1.54) is 11.3 Å². The van der Waals surface area contributed by atoms with Crippen molar-refractivity contribution in [3.05, 3.63) is 22.4 Å². The van der Waals surface area contributed by atoms with Crippen LogP contribution in [0.15, 0.2) is 17.5 Å². The number of ketones is 1. The molecule has 0 saturated heterocycles. The second kappa shape index (κ2) is 6.75. The van der Waals surface area contributed by atoms with Gasteiger partial charge in [0.2, 0.25) is 0 Å². The first-order valence-corrected chi connectivity index (χ1v) is 3.79. The summed E-state index contributed by atoms with van der Waals surface area (Å²) in [4.78, 5) is 11.8. The number of Topliss-reactive ketones (excluding diaryl/α,β-unsaturated/α-hetero) is 1. The fourth-order valence-corrected chi connectivity index (χ4v) is 1.35. The molecule has 1 heterocycles. The van der Waals surface area contributed by atoms with Crippen LogP contribution in [0.1, 0.15) is 23.0 Å². The van der Waals surface area contributed by atoms with Crippen LogP contribution in [0, 0.1) is 0 Å². The highest BCUT2D eigenvalue weighted by atomic mass is 127. The maximum absolute atomic E-state index is 10.9. The molecule has 0 aromatic carbocycles. The van der Waals surface area contributed by atoms with E-state index < -0.39 is 0 Å². The van der Waals surface area contributed by atoms with Gasteiger partial charge in [0.05, 0.1) is 4.88 Å². The molecule has 1 rings (SSSR count). The molecular formula is C7H12INOS. The number of rotatable bonds is 2. The molecule has 64 valence electrons. The van der Waals surface area contributed by atoms with Gasteiger partial charge < -0.3 is 30.1 Å². The number of hydrogen-bond acceptors (Lipinski definition) is 2. The fraction of sp³-hybridized carbons (Fsp3) is 0.286. The van der Waals surface area contributed by atoms with Crippen LogP contribution in [-0.4, -0.2) is 5.78 Å². The van der Waals surface area contributed by atoms with Crippen LogP contribution < -0.4 is 30.1 Å². The Balaban J connectivity index is 0. The Morgan fingerprint density at radius 1 is 1.64 bits per heavy atom. The second-order valence-corrected chi connectivity index (χ2v) is 2.70. The molecule has 1 aromatic rings. The van der Waals surface area contributed by atoms with Gasteiger partial charge in [0, 0.05) is 6.42 Å². The molecule has 0 atom stereocenters. The average molecular weight is 285 g/mol. The lowest BCUT2D eigenvalue weighted by Gasteiger charge is -1.86. The lowest BCUT2D eigenvalue weighted by molar-refractivity contribution is -0.0000101. The van der Waals surface area contributed by atoms with Crippen LogP contribution in [0.4, 0.5) is 0 Å². The first kappa shape index (κ1) is 13.6. The van der Waals surface area contributed by atoms with Gasteiger partial charge in [-0.2, -0.15) is 0 Å². The molecule has 0 spiro atoms. The molecule has 0 amide bonds. The maximum atomic E-state index is 10.9. The van der Waals surface area contributed by atoms with E-state index in [4.69, 9.17) is 0 Å². The molecule has 2 nitrogen and oxygen atoms in total. The first-order chi connectivity index (χ1) is 4.34. The largest absolute Gasteiger partial charge is 1.00 e. The van der Waals surface area contributed by atoms with E-state index in [-0.39, 0.29) is 35.9 Å². The summed E-state index contributed by atoms with van der Waals surface area (Å²) >= 11 is 1.51. The number of carbonyl (C=O) groups is 1. The third-order valence-electron chi connectivity index (χ3n) is 1.12. The Kier molecular flexibility index (Phi) is 8.37. The van der Waals surface area contributed by atoms with E-state index in [1.807, 2.05) is 24.4 Å². The SMILES string of the molecule is CCC(=O)c1cccs1.[I-].[NH4+].